The first-order chi connectivity index (χ1) is 20.7. The summed E-state index contributed by atoms with van der Waals surface area (Å²) in [6, 6.07) is 19.8. The Morgan fingerprint density at radius 2 is 1.77 bits per heavy atom. The lowest BCUT2D eigenvalue weighted by Gasteiger charge is -2.21. The van der Waals surface area contributed by atoms with E-state index >= 15 is 0 Å². The lowest BCUT2D eigenvalue weighted by molar-refractivity contribution is -0.122. The van der Waals surface area contributed by atoms with Gasteiger partial charge in [0.2, 0.25) is 17.7 Å². The molecule has 0 bridgehead atoms. The van der Waals surface area contributed by atoms with Gasteiger partial charge in [-0.05, 0) is 55.0 Å². The van der Waals surface area contributed by atoms with Crippen molar-refractivity contribution in [2.75, 3.05) is 37.5 Å². The van der Waals surface area contributed by atoms with Crippen LogP contribution >= 0.6 is 23.2 Å². The summed E-state index contributed by atoms with van der Waals surface area (Å²) in [5.74, 6) is -0.515. The number of fused-ring (bicyclic) bond motifs is 1. The number of hydrogen-bond donors (Lipinski definition) is 2. The minimum Gasteiger partial charge on any atom is -0.487 e. The summed E-state index contributed by atoms with van der Waals surface area (Å²) < 4.78 is 10.9. The Hall–Kier alpha value is -4.44. The molecule has 0 spiro atoms. The molecular formula is C32H30Cl2N4O5. The monoisotopic (exact) mass is 620 g/mol. The maximum absolute atomic E-state index is 12.9. The molecule has 0 unspecified atom stereocenters. The van der Waals surface area contributed by atoms with Crippen LogP contribution < -0.4 is 20.3 Å². The standard InChI is InChI=1S/C32H30Cl2N4O5/c1-20-7-11-22-5-4-6-27(32(22)36-20)43-18-24-25(33)14-15-26(31(24)34)38(2)30(41)17-35-28(39)16-10-21-8-12-23(13-9-21)37-29(40)19-42-3/h4-16H,17-19H2,1-3H3,(H,35,39)(H,37,40). The molecule has 4 aromatic rings. The molecular weight excluding hydrogens is 591 g/mol. The molecule has 0 atom stereocenters. The van der Waals surface area contributed by atoms with Crippen molar-refractivity contribution in [2.45, 2.75) is 13.5 Å². The van der Waals surface area contributed by atoms with E-state index in [0.29, 0.717) is 27.7 Å². The number of methoxy groups -OCH3 is 1. The molecule has 0 saturated carbocycles. The molecule has 3 amide bonds. The van der Waals surface area contributed by atoms with Gasteiger partial charge in [0.15, 0.2) is 0 Å². The average Bonchev–Trinajstić information content (AvgIpc) is 2.99. The number of carbonyl (C=O) groups excluding carboxylic acids is 3. The van der Waals surface area contributed by atoms with Crippen molar-refractivity contribution in [3.05, 3.63) is 99.7 Å². The molecule has 1 aromatic heterocycles. The summed E-state index contributed by atoms with van der Waals surface area (Å²) in [4.78, 5) is 42.8. The molecule has 11 heteroatoms. The Bertz CT molecular complexity index is 1670. The summed E-state index contributed by atoms with van der Waals surface area (Å²) in [5, 5.41) is 6.87. The van der Waals surface area contributed by atoms with E-state index in [1.165, 1.54) is 18.1 Å². The van der Waals surface area contributed by atoms with Crippen LogP contribution in [0.2, 0.25) is 10.0 Å². The van der Waals surface area contributed by atoms with Gasteiger partial charge in [0.05, 0.1) is 17.3 Å². The van der Waals surface area contributed by atoms with E-state index in [2.05, 4.69) is 15.6 Å². The van der Waals surface area contributed by atoms with Gasteiger partial charge in [0, 0.05) is 47.6 Å². The second-order valence-corrected chi connectivity index (χ2v) is 10.3. The number of rotatable bonds is 11. The molecule has 0 saturated heterocycles. The Labute approximate surface area is 259 Å². The summed E-state index contributed by atoms with van der Waals surface area (Å²) in [6.45, 7) is 1.67. The molecule has 0 aliphatic heterocycles. The van der Waals surface area contributed by atoms with Crippen LogP contribution in [0.25, 0.3) is 17.0 Å². The molecule has 0 fully saturated rings. The molecule has 2 N–H and O–H groups in total. The summed E-state index contributed by atoms with van der Waals surface area (Å²) in [7, 11) is 3.00. The van der Waals surface area contributed by atoms with E-state index in [-0.39, 0.29) is 36.6 Å². The van der Waals surface area contributed by atoms with Gasteiger partial charge in [0.25, 0.3) is 0 Å². The number of pyridine rings is 1. The Balaban J connectivity index is 1.35. The fourth-order valence-electron chi connectivity index (χ4n) is 4.11. The van der Waals surface area contributed by atoms with Crippen LogP contribution in [-0.2, 0) is 25.7 Å². The highest BCUT2D eigenvalue weighted by atomic mass is 35.5. The number of benzene rings is 3. The number of aryl methyl sites for hydroxylation is 1. The second kappa shape index (κ2) is 14.6. The molecule has 1 heterocycles. The minimum atomic E-state index is -0.450. The number of para-hydroxylation sites is 1. The van der Waals surface area contributed by atoms with E-state index in [0.717, 1.165) is 22.2 Å². The van der Waals surface area contributed by atoms with Crippen molar-refractivity contribution in [1.82, 2.24) is 10.3 Å². The SMILES string of the molecule is COCC(=O)Nc1ccc(C=CC(=O)NCC(=O)N(C)c2ccc(Cl)c(COc3cccc4ccc(C)nc34)c2Cl)cc1. The van der Waals surface area contributed by atoms with Crippen LogP contribution in [0.15, 0.2) is 72.8 Å². The third kappa shape index (κ3) is 8.32. The van der Waals surface area contributed by atoms with E-state index in [1.807, 2.05) is 37.3 Å². The number of aromatic nitrogens is 1. The summed E-state index contributed by atoms with van der Waals surface area (Å²) >= 11 is 13.2. The van der Waals surface area contributed by atoms with E-state index in [1.54, 1.807) is 49.5 Å². The number of halogens is 2. The van der Waals surface area contributed by atoms with Gasteiger partial charge in [-0.25, -0.2) is 4.98 Å². The number of nitrogens with zero attached hydrogens (tertiary/aromatic N) is 2. The Kier molecular flexibility index (Phi) is 10.7. The van der Waals surface area contributed by atoms with E-state index in [4.69, 9.17) is 32.7 Å². The third-order valence-electron chi connectivity index (χ3n) is 6.41. The zero-order valence-corrected chi connectivity index (χ0v) is 25.3. The number of likely N-dealkylation sites (N-methyl/N-ethyl adjacent to an activating group) is 1. The predicted octanol–water partition coefficient (Wildman–Crippen LogP) is 5.81. The van der Waals surface area contributed by atoms with E-state index in [9.17, 15) is 14.4 Å². The predicted molar refractivity (Wildman–Crippen MR) is 170 cm³/mol. The molecule has 9 nitrogen and oxygen atoms in total. The fraction of sp³-hybridized carbons (Fsp3) is 0.188. The van der Waals surface area contributed by atoms with Gasteiger partial charge in [-0.3, -0.25) is 14.4 Å². The van der Waals surface area contributed by atoms with Crippen molar-refractivity contribution in [3.8, 4) is 5.75 Å². The summed E-state index contributed by atoms with van der Waals surface area (Å²) in [6.07, 6.45) is 2.92. The molecule has 222 valence electrons. The number of hydrogen-bond acceptors (Lipinski definition) is 6. The molecule has 0 radical (unpaired) electrons. The first-order valence-electron chi connectivity index (χ1n) is 13.2. The lowest BCUT2D eigenvalue weighted by atomic mass is 10.1. The molecule has 0 aliphatic rings. The Morgan fingerprint density at radius 3 is 2.51 bits per heavy atom. The molecule has 0 aliphatic carbocycles. The number of anilines is 2. The number of nitrogens with one attached hydrogen (secondary N) is 2. The lowest BCUT2D eigenvalue weighted by Crippen LogP contribution is -2.37. The largest absolute Gasteiger partial charge is 0.487 e. The van der Waals surface area contributed by atoms with Crippen molar-refractivity contribution >= 4 is 69.3 Å². The highest BCUT2D eigenvalue weighted by Gasteiger charge is 2.19. The Morgan fingerprint density at radius 1 is 1.00 bits per heavy atom. The number of amides is 3. The van der Waals surface area contributed by atoms with Gasteiger partial charge in [-0.2, -0.15) is 0 Å². The van der Waals surface area contributed by atoms with Gasteiger partial charge in [0.1, 0.15) is 24.5 Å². The molecule has 43 heavy (non-hydrogen) atoms. The third-order valence-corrected chi connectivity index (χ3v) is 7.18. The number of ether oxygens (including phenoxy) is 2. The van der Waals surface area contributed by atoms with Gasteiger partial charge < -0.3 is 25.0 Å². The quantitative estimate of drug-likeness (QED) is 0.205. The maximum atomic E-state index is 12.9. The first kappa shape index (κ1) is 31.5. The van der Waals surface area contributed by atoms with Gasteiger partial charge in [-0.15, -0.1) is 0 Å². The zero-order valence-electron chi connectivity index (χ0n) is 23.8. The van der Waals surface area contributed by atoms with Crippen molar-refractivity contribution in [2.24, 2.45) is 0 Å². The average molecular weight is 622 g/mol. The van der Waals surface area contributed by atoms with Crippen LogP contribution in [0.5, 0.6) is 5.75 Å². The minimum absolute atomic E-state index is 0.0426. The van der Waals surface area contributed by atoms with Crippen LogP contribution in [-0.4, -0.2) is 50.0 Å². The maximum Gasteiger partial charge on any atom is 0.250 e. The fourth-order valence-corrected chi connectivity index (χ4v) is 4.72. The first-order valence-corrected chi connectivity index (χ1v) is 14.0. The summed E-state index contributed by atoms with van der Waals surface area (Å²) in [5.41, 5.74) is 3.87. The van der Waals surface area contributed by atoms with Crippen molar-refractivity contribution in [1.29, 1.82) is 0 Å². The smallest absolute Gasteiger partial charge is 0.250 e. The van der Waals surface area contributed by atoms with E-state index < -0.39 is 5.91 Å². The van der Waals surface area contributed by atoms with Gasteiger partial charge in [-0.1, -0.05) is 53.5 Å². The van der Waals surface area contributed by atoms with Crippen LogP contribution in [0.3, 0.4) is 0 Å². The molecule has 3 aromatic carbocycles. The second-order valence-electron chi connectivity index (χ2n) is 9.54. The van der Waals surface area contributed by atoms with Crippen LogP contribution in [0, 0.1) is 6.92 Å². The normalized spacial score (nSPS) is 11.0. The topological polar surface area (TPSA) is 110 Å². The highest BCUT2D eigenvalue weighted by molar-refractivity contribution is 6.38. The van der Waals surface area contributed by atoms with Crippen LogP contribution in [0.4, 0.5) is 11.4 Å². The van der Waals surface area contributed by atoms with Gasteiger partial charge >= 0.3 is 0 Å². The van der Waals surface area contributed by atoms with Crippen molar-refractivity contribution in [3.63, 3.8) is 0 Å². The molecule has 4 rings (SSSR count). The zero-order chi connectivity index (χ0) is 30.9. The number of carbonyl (C=O) groups is 3. The highest BCUT2D eigenvalue weighted by Crippen LogP contribution is 2.35. The van der Waals surface area contributed by atoms with Crippen molar-refractivity contribution < 1.29 is 23.9 Å². The van der Waals surface area contributed by atoms with Crippen LogP contribution in [0.1, 0.15) is 16.8 Å².